The molecule has 0 aromatic heterocycles. The second kappa shape index (κ2) is 6.42. The maximum Gasteiger partial charge on any atom is 0.120 e. The van der Waals surface area contributed by atoms with E-state index in [1.807, 2.05) is 24.3 Å². The molecule has 0 aliphatic carbocycles. The van der Waals surface area contributed by atoms with Gasteiger partial charge in [0, 0.05) is 5.41 Å². The molecule has 0 bridgehead atoms. The summed E-state index contributed by atoms with van der Waals surface area (Å²) in [5.41, 5.74) is 2.48. The van der Waals surface area contributed by atoms with Crippen molar-refractivity contribution in [2.45, 2.75) is 32.8 Å². The van der Waals surface area contributed by atoms with E-state index in [4.69, 9.17) is 4.74 Å². The second-order valence-corrected chi connectivity index (χ2v) is 5.52. The second-order valence-electron chi connectivity index (χ2n) is 5.52. The minimum Gasteiger partial charge on any atom is -0.489 e. The Kier molecular flexibility index (Phi) is 4.62. The highest BCUT2D eigenvalue weighted by atomic mass is 16.5. The number of hydrogen-bond acceptors (Lipinski definition) is 1. The third kappa shape index (κ3) is 3.74. The zero-order valence-corrected chi connectivity index (χ0v) is 12.5. The molecule has 1 heteroatoms. The van der Waals surface area contributed by atoms with Crippen LogP contribution in [0.3, 0.4) is 0 Å². The van der Waals surface area contributed by atoms with Crippen LogP contribution in [-0.2, 0) is 12.0 Å². The first-order valence-electron chi connectivity index (χ1n) is 7.03. The van der Waals surface area contributed by atoms with Gasteiger partial charge in [0.2, 0.25) is 0 Å². The van der Waals surface area contributed by atoms with Gasteiger partial charge in [0.25, 0.3) is 0 Å². The Bertz CT molecular complexity index is 567. The summed E-state index contributed by atoms with van der Waals surface area (Å²) in [4.78, 5) is 0. The minimum atomic E-state index is 0.0286. The first-order chi connectivity index (χ1) is 9.62. The quantitative estimate of drug-likeness (QED) is 0.682. The van der Waals surface area contributed by atoms with E-state index in [0.29, 0.717) is 6.61 Å². The topological polar surface area (TPSA) is 9.23 Å². The number of benzene rings is 2. The van der Waals surface area contributed by atoms with Crippen molar-refractivity contribution in [3.05, 3.63) is 77.9 Å². The number of rotatable bonds is 5. The molecule has 1 nitrogen and oxygen atoms in total. The molecule has 0 saturated heterocycles. The lowest BCUT2D eigenvalue weighted by molar-refractivity contribution is 0.305. The van der Waals surface area contributed by atoms with Gasteiger partial charge in [0.1, 0.15) is 12.4 Å². The normalized spacial score (nSPS) is 11.8. The SMILES string of the molecule is CC=CC(C)(C)c1cccc(OCc2ccccc2)c1. The molecule has 0 unspecified atom stereocenters. The van der Waals surface area contributed by atoms with Crippen LogP contribution >= 0.6 is 0 Å². The lowest BCUT2D eigenvalue weighted by Gasteiger charge is -2.21. The Morgan fingerprint density at radius 2 is 1.75 bits per heavy atom. The molecule has 0 aliphatic heterocycles. The summed E-state index contributed by atoms with van der Waals surface area (Å²) in [5.74, 6) is 0.920. The maximum atomic E-state index is 5.88. The first kappa shape index (κ1) is 14.4. The zero-order chi connectivity index (χ0) is 14.4. The highest BCUT2D eigenvalue weighted by Gasteiger charge is 2.16. The van der Waals surface area contributed by atoms with Gasteiger partial charge in [-0.3, -0.25) is 0 Å². The number of ether oxygens (including phenoxy) is 1. The Morgan fingerprint density at radius 1 is 1.00 bits per heavy atom. The third-order valence-corrected chi connectivity index (χ3v) is 3.41. The highest BCUT2D eigenvalue weighted by Crippen LogP contribution is 2.28. The van der Waals surface area contributed by atoms with Crippen LogP contribution in [0.4, 0.5) is 0 Å². The van der Waals surface area contributed by atoms with Gasteiger partial charge in [-0.05, 0) is 30.2 Å². The summed E-state index contributed by atoms with van der Waals surface area (Å²) in [6, 6.07) is 18.6. The van der Waals surface area contributed by atoms with Gasteiger partial charge in [0.15, 0.2) is 0 Å². The van der Waals surface area contributed by atoms with Crippen LogP contribution in [0.1, 0.15) is 31.9 Å². The van der Waals surface area contributed by atoms with E-state index in [1.54, 1.807) is 0 Å². The predicted octanol–water partition coefficient (Wildman–Crippen LogP) is 5.12. The van der Waals surface area contributed by atoms with Gasteiger partial charge in [-0.15, -0.1) is 0 Å². The Labute approximate surface area is 121 Å². The Balaban J connectivity index is 2.10. The van der Waals surface area contributed by atoms with Crippen molar-refractivity contribution in [3.63, 3.8) is 0 Å². The summed E-state index contributed by atoms with van der Waals surface area (Å²) in [7, 11) is 0. The van der Waals surface area contributed by atoms with Crippen molar-refractivity contribution in [2.75, 3.05) is 0 Å². The van der Waals surface area contributed by atoms with E-state index in [0.717, 1.165) is 5.75 Å². The maximum absolute atomic E-state index is 5.88. The van der Waals surface area contributed by atoms with Crippen LogP contribution in [0, 0.1) is 0 Å². The molecule has 2 aromatic rings. The fraction of sp³-hybridized carbons (Fsp3) is 0.263. The van der Waals surface area contributed by atoms with Crippen molar-refractivity contribution in [2.24, 2.45) is 0 Å². The fourth-order valence-corrected chi connectivity index (χ4v) is 2.24. The zero-order valence-electron chi connectivity index (χ0n) is 12.5. The minimum absolute atomic E-state index is 0.0286. The number of hydrogen-bond donors (Lipinski definition) is 0. The molecule has 104 valence electrons. The average Bonchev–Trinajstić information content (AvgIpc) is 2.46. The van der Waals surface area contributed by atoms with Gasteiger partial charge >= 0.3 is 0 Å². The van der Waals surface area contributed by atoms with Crippen molar-refractivity contribution >= 4 is 0 Å². The van der Waals surface area contributed by atoms with E-state index in [9.17, 15) is 0 Å². The van der Waals surface area contributed by atoms with Crippen molar-refractivity contribution in [1.29, 1.82) is 0 Å². The van der Waals surface area contributed by atoms with Gasteiger partial charge in [-0.1, -0.05) is 68.5 Å². The van der Waals surface area contributed by atoms with E-state index in [2.05, 4.69) is 63.3 Å². The monoisotopic (exact) mass is 266 g/mol. The summed E-state index contributed by atoms with van der Waals surface area (Å²) in [6.45, 7) is 7.08. The lowest BCUT2D eigenvalue weighted by atomic mass is 9.84. The molecule has 0 fully saturated rings. The summed E-state index contributed by atoms with van der Waals surface area (Å²) in [5, 5.41) is 0. The van der Waals surface area contributed by atoms with Crippen molar-refractivity contribution < 1.29 is 4.74 Å². The molecule has 0 spiro atoms. The summed E-state index contributed by atoms with van der Waals surface area (Å²) in [6.07, 6.45) is 4.31. The Morgan fingerprint density at radius 3 is 2.45 bits per heavy atom. The standard InChI is InChI=1S/C19H22O/c1-4-13-19(2,3)17-11-8-12-18(14-17)20-15-16-9-6-5-7-10-16/h4-14H,15H2,1-3H3. The smallest absolute Gasteiger partial charge is 0.120 e. The lowest BCUT2D eigenvalue weighted by Crippen LogP contribution is -2.13. The highest BCUT2D eigenvalue weighted by molar-refractivity contribution is 5.36. The molecule has 0 saturated carbocycles. The summed E-state index contributed by atoms with van der Waals surface area (Å²) >= 11 is 0. The van der Waals surface area contributed by atoms with E-state index in [1.165, 1.54) is 11.1 Å². The molecular formula is C19H22O. The molecule has 2 rings (SSSR count). The molecule has 0 atom stereocenters. The van der Waals surface area contributed by atoms with Crippen LogP contribution in [0.15, 0.2) is 66.7 Å². The van der Waals surface area contributed by atoms with Crippen molar-refractivity contribution in [1.82, 2.24) is 0 Å². The molecule has 0 radical (unpaired) electrons. The van der Waals surface area contributed by atoms with Crippen LogP contribution in [0.25, 0.3) is 0 Å². The molecule has 0 heterocycles. The predicted molar refractivity (Wildman–Crippen MR) is 85.1 cm³/mol. The van der Waals surface area contributed by atoms with E-state index >= 15 is 0 Å². The van der Waals surface area contributed by atoms with E-state index in [-0.39, 0.29) is 5.41 Å². The fourth-order valence-electron chi connectivity index (χ4n) is 2.24. The number of allylic oxidation sites excluding steroid dienone is 2. The molecule has 0 N–H and O–H groups in total. The van der Waals surface area contributed by atoms with Gasteiger partial charge < -0.3 is 4.74 Å². The van der Waals surface area contributed by atoms with Gasteiger partial charge in [0.05, 0.1) is 0 Å². The van der Waals surface area contributed by atoms with Crippen LogP contribution < -0.4 is 4.74 Å². The van der Waals surface area contributed by atoms with Crippen LogP contribution in [0.5, 0.6) is 5.75 Å². The van der Waals surface area contributed by atoms with Crippen LogP contribution in [0.2, 0.25) is 0 Å². The molecule has 0 aliphatic rings. The average molecular weight is 266 g/mol. The Hall–Kier alpha value is -2.02. The van der Waals surface area contributed by atoms with Crippen molar-refractivity contribution in [3.8, 4) is 5.75 Å². The summed E-state index contributed by atoms with van der Waals surface area (Å²) < 4.78 is 5.88. The van der Waals surface area contributed by atoms with Crippen LogP contribution in [-0.4, -0.2) is 0 Å². The largest absolute Gasteiger partial charge is 0.489 e. The van der Waals surface area contributed by atoms with Gasteiger partial charge in [-0.2, -0.15) is 0 Å². The first-order valence-corrected chi connectivity index (χ1v) is 7.03. The van der Waals surface area contributed by atoms with E-state index < -0.39 is 0 Å². The molecule has 20 heavy (non-hydrogen) atoms. The molecular weight excluding hydrogens is 244 g/mol. The third-order valence-electron chi connectivity index (χ3n) is 3.41. The van der Waals surface area contributed by atoms with Gasteiger partial charge in [-0.25, -0.2) is 0 Å². The molecule has 0 amide bonds. The molecule has 2 aromatic carbocycles.